The molecule has 1 aromatic heterocycles. The summed E-state index contributed by atoms with van der Waals surface area (Å²) in [7, 11) is 1.75. The van der Waals surface area contributed by atoms with Gasteiger partial charge in [0.25, 0.3) is 0 Å². The van der Waals surface area contributed by atoms with Gasteiger partial charge in [-0.3, -0.25) is 4.68 Å². The minimum Gasteiger partial charge on any atom is -0.382 e. The number of benzene rings is 1. The van der Waals surface area contributed by atoms with Gasteiger partial charge in [-0.15, -0.1) is 0 Å². The summed E-state index contributed by atoms with van der Waals surface area (Å²) in [6.07, 6.45) is 0.713. The Morgan fingerprint density at radius 3 is 2.65 bits per heavy atom. The molecule has 0 spiro atoms. The Kier molecular flexibility index (Phi) is 3.92. The molecule has 0 saturated carbocycles. The van der Waals surface area contributed by atoms with Gasteiger partial charge in [0.2, 0.25) is 0 Å². The van der Waals surface area contributed by atoms with Crippen molar-refractivity contribution >= 4 is 43.5 Å². The van der Waals surface area contributed by atoms with Crippen molar-refractivity contribution in [3.05, 3.63) is 49.6 Å². The first kappa shape index (κ1) is 13.1. The van der Waals surface area contributed by atoms with Gasteiger partial charge in [-0.25, -0.2) is 0 Å². The molecule has 0 aliphatic heterocycles. The molecule has 0 radical (unpaired) electrons. The number of rotatable bonds is 2. The predicted molar refractivity (Wildman–Crippen MR) is 74.1 cm³/mol. The normalized spacial score (nSPS) is 12.8. The van der Waals surface area contributed by atoms with E-state index in [-0.39, 0.29) is 0 Å². The van der Waals surface area contributed by atoms with E-state index in [0.717, 1.165) is 14.5 Å². The number of aryl methyl sites for hydroxylation is 1. The van der Waals surface area contributed by atoms with Gasteiger partial charge in [-0.2, -0.15) is 5.10 Å². The lowest BCUT2D eigenvalue weighted by molar-refractivity contribution is 0.209. The van der Waals surface area contributed by atoms with Gasteiger partial charge in [0.15, 0.2) is 0 Å². The average Bonchev–Trinajstić information content (AvgIpc) is 2.58. The van der Waals surface area contributed by atoms with Crippen LogP contribution < -0.4 is 0 Å². The Morgan fingerprint density at radius 1 is 1.41 bits per heavy atom. The second kappa shape index (κ2) is 5.10. The Hall–Kier alpha value is -0.360. The molecule has 1 aromatic carbocycles. The molecule has 0 aliphatic carbocycles. The number of halogens is 3. The molecule has 0 saturated heterocycles. The standard InChI is InChI=1S/C11H9Br2ClN2O/c1-16-10(9(14)5-15-16)11(17)7-3-2-6(12)4-8(7)13/h2-5,11,17H,1H3. The van der Waals surface area contributed by atoms with Crippen molar-refractivity contribution in [3.8, 4) is 0 Å². The van der Waals surface area contributed by atoms with Crippen LogP contribution in [-0.4, -0.2) is 14.9 Å². The first-order chi connectivity index (χ1) is 8.00. The SMILES string of the molecule is Cn1ncc(Cl)c1C(O)c1ccc(Br)cc1Br. The maximum Gasteiger partial charge on any atom is 0.123 e. The second-order valence-corrected chi connectivity index (χ2v) is 5.75. The number of aliphatic hydroxyl groups is 1. The number of aliphatic hydroxyl groups excluding tert-OH is 1. The fourth-order valence-corrected chi connectivity index (χ4v) is 3.13. The van der Waals surface area contributed by atoms with Gasteiger partial charge < -0.3 is 5.11 Å². The highest BCUT2D eigenvalue weighted by molar-refractivity contribution is 9.11. The zero-order valence-electron chi connectivity index (χ0n) is 8.86. The van der Waals surface area contributed by atoms with Crippen LogP contribution in [0.3, 0.4) is 0 Å². The van der Waals surface area contributed by atoms with Crippen LogP contribution in [0.4, 0.5) is 0 Å². The highest BCUT2D eigenvalue weighted by atomic mass is 79.9. The van der Waals surface area contributed by atoms with Gasteiger partial charge in [-0.1, -0.05) is 49.5 Å². The van der Waals surface area contributed by atoms with Crippen LogP contribution in [0, 0.1) is 0 Å². The summed E-state index contributed by atoms with van der Waals surface area (Å²) in [4.78, 5) is 0. The van der Waals surface area contributed by atoms with E-state index in [9.17, 15) is 5.11 Å². The minimum atomic E-state index is -0.808. The lowest BCUT2D eigenvalue weighted by Crippen LogP contribution is -2.07. The highest BCUT2D eigenvalue weighted by Gasteiger charge is 2.20. The summed E-state index contributed by atoms with van der Waals surface area (Å²) in [5.74, 6) is 0. The van der Waals surface area contributed by atoms with Gasteiger partial charge in [0.05, 0.1) is 16.9 Å². The topological polar surface area (TPSA) is 38.0 Å². The van der Waals surface area contributed by atoms with Crippen molar-refractivity contribution in [3.63, 3.8) is 0 Å². The Morgan fingerprint density at radius 2 is 2.12 bits per heavy atom. The summed E-state index contributed by atoms with van der Waals surface area (Å²) in [6.45, 7) is 0. The number of hydrogen-bond acceptors (Lipinski definition) is 2. The van der Waals surface area contributed by atoms with E-state index in [0.29, 0.717) is 10.7 Å². The van der Waals surface area contributed by atoms with E-state index in [1.807, 2.05) is 18.2 Å². The third-order valence-electron chi connectivity index (χ3n) is 2.45. The third kappa shape index (κ3) is 2.57. The van der Waals surface area contributed by atoms with E-state index >= 15 is 0 Å². The molecule has 90 valence electrons. The monoisotopic (exact) mass is 378 g/mol. The summed E-state index contributed by atoms with van der Waals surface area (Å²) in [5.41, 5.74) is 1.33. The number of hydrogen-bond donors (Lipinski definition) is 1. The Balaban J connectivity index is 2.47. The molecular formula is C11H9Br2ClN2O. The highest BCUT2D eigenvalue weighted by Crippen LogP contribution is 2.33. The van der Waals surface area contributed by atoms with Gasteiger partial charge in [0, 0.05) is 21.6 Å². The van der Waals surface area contributed by atoms with Crippen molar-refractivity contribution in [2.45, 2.75) is 6.10 Å². The molecule has 0 amide bonds. The van der Waals surface area contributed by atoms with Gasteiger partial charge >= 0.3 is 0 Å². The van der Waals surface area contributed by atoms with Crippen LogP contribution in [0.15, 0.2) is 33.3 Å². The molecule has 6 heteroatoms. The predicted octanol–water partition coefficient (Wildman–Crippen LogP) is 3.68. The molecule has 0 aliphatic rings. The van der Waals surface area contributed by atoms with Crippen LogP contribution in [0.1, 0.15) is 17.4 Å². The Bertz CT molecular complexity index is 537. The maximum absolute atomic E-state index is 10.3. The van der Waals surface area contributed by atoms with Crippen molar-refractivity contribution in [1.82, 2.24) is 9.78 Å². The molecule has 0 fully saturated rings. The fraction of sp³-hybridized carbons (Fsp3) is 0.182. The molecule has 1 atom stereocenters. The number of aromatic nitrogens is 2. The molecule has 1 heterocycles. The summed E-state index contributed by atoms with van der Waals surface area (Å²) >= 11 is 12.8. The molecule has 1 N–H and O–H groups in total. The second-order valence-electron chi connectivity index (χ2n) is 3.57. The van der Waals surface area contributed by atoms with Crippen molar-refractivity contribution in [1.29, 1.82) is 0 Å². The quantitative estimate of drug-likeness (QED) is 0.863. The van der Waals surface area contributed by atoms with Gasteiger partial charge in [0.1, 0.15) is 6.10 Å². The fourth-order valence-electron chi connectivity index (χ4n) is 1.60. The summed E-state index contributed by atoms with van der Waals surface area (Å²) < 4.78 is 3.33. The molecule has 3 nitrogen and oxygen atoms in total. The zero-order chi connectivity index (χ0) is 12.6. The van der Waals surface area contributed by atoms with Crippen LogP contribution in [0.25, 0.3) is 0 Å². The lowest BCUT2D eigenvalue weighted by Gasteiger charge is -2.14. The van der Waals surface area contributed by atoms with Crippen molar-refractivity contribution in [2.24, 2.45) is 7.05 Å². The molecular weight excluding hydrogens is 371 g/mol. The first-order valence-electron chi connectivity index (χ1n) is 4.81. The zero-order valence-corrected chi connectivity index (χ0v) is 12.8. The summed E-state index contributed by atoms with van der Waals surface area (Å²) in [6, 6.07) is 5.58. The van der Waals surface area contributed by atoms with E-state index in [1.54, 1.807) is 11.7 Å². The van der Waals surface area contributed by atoms with Crippen LogP contribution in [-0.2, 0) is 7.05 Å². The van der Waals surface area contributed by atoms with Crippen LogP contribution in [0.2, 0.25) is 5.02 Å². The van der Waals surface area contributed by atoms with Crippen LogP contribution >= 0.6 is 43.5 Å². The first-order valence-corrected chi connectivity index (χ1v) is 6.77. The Labute approximate surface area is 121 Å². The largest absolute Gasteiger partial charge is 0.382 e. The molecule has 17 heavy (non-hydrogen) atoms. The summed E-state index contributed by atoms with van der Waals surface area (Å²) in [5, 5.41) is 14.8. The smallest absolute Gasteiger partial charge is 0.123 e. The molecule has 0 bridgehead atoms. The molecule has 2 aromatic rings. The van der Waals surface area contributed by atoms with E-state index in [2.05, 4.69) is 37.0 Å². The maximum atomic E-state index is 10.3. The van der Waals surface area contributed by atoms with Crippen LogP contribution in [0.5, 0.6) is 0 Å². The lowest BCUT2D eigenvalue weighted by atomic mass is 10.1. The number of nitrogens with zero attached hydrogens (tertiary/aromatic N) is 2. The van der Waals surface area contributed by atoms with E-state index in [4.69, 9.17) is 11.6 Å². The van der Waals surface area contributed by atoms with Gasteiger partial charge in [-0.05, 0) is 12.1 Å². The third-order valence-corrected chi connectivity index (χ3v) is 3.92. The van der Waals surface area contributed by atoms with Crippen molar-refractivity contribution in [2.75, 3.05) is 0 Å². The van der Waals surface area contributed by atoms with E-state index < -0.39 is 6.10 Å². The molecule has 1 unspecified atom stereocenters. The van der Waals surface area contributed by atoms with E-state index in [1.165, 1.54) is 6.20 Å². The molecule has 2 rings (SSSR count). The minimum absolute atomic E-state index is 0.454. The van der Waals surface area contributed by atoms with Crippen molar-refractivity contribution < 1.29 is 5.11 Å². The average molecular weight is 380 g/mol.